The molecule has 2 heterocycles. The molecule has 0 bridgehead atoms. The van der Waals surface area contributed by atoms with Crippen LogP contribution < -0.4 is 21.3 Å². The number of aryl methyl sites for hydroxylation is 1. The molecule has 0 radical (unpaired) electrons. The summed E-state index contributed by atoms with van der Waals surface area (Å²) in [5, 5.41) is 10.6. The summed E-state index contributed by atoms with van der Waals surface area (Å²) < 4.78 is 25.4. The number of nitrogens with one attached hydrogen (secondary N) is 1. The van der Waals surface area contributed by atoms with Gasteiger partial charge in [-0.15, -0.1) is 0 Å². The molecule has 11 nitrogen and oxygen atoms in total. The quantitative estimate of drug-likeness (QED) is 0.400. The third kappa shape index (κ3) is 5.32. The van der Waals surface area contributed by atoms with Crippen molar-refractivity contribution in [2.75, 3.05) is 7.11 Å². The molecule has 4 aromatic rings. The topological polar surface area (TPSA) is 134 Å². The number of hydrogen-bond acceptors (Lipinski definition) is 8. The minimum atomic E-state index is -0.725. The van der Waals surface area contributed by atoms with Gasteiger partial charge in [-0.3, -0.25) is 14.2 Å². The van der Waals surface area contributed by atoms with E-state index < -0.39 is 17.1 Å². The average Bonchev–Trinajstić information content (AvgIpc) is 3.34. The molecule has 0 fully saturated rings. The van der Waals surface area contributed by atoms with E-state index in [-0.39, 0.29) is 41.8 Å². The van der Waals surface area contributed by atoms with Gasteiger partial charge in [-0.05, 0) is 42.0 Å². The number of benzene rings is 2. The maximum atomic E-state index is 13.3. The number of rotatable bonds is 8. The number of carbonyl (C=O) groups is 1. The first-order valence-corrected chi connectivity index (χ1v) is 10.5. The van der Waals surface area contributed by atoms with Gasteiger partial charge < -0.3 is 14.6 Å². The zero-order chi connectivity index (χ0) is 24.9. The van der Waals surface area contributed by atoms with Gasteiger partial charge in [0.25, 0.3) is 5.56 Å². The number of aromatic nitrogens is 5. The zero-order valence-electron chi connectivity index (χ0n) is 18.9. The fourth-order valence-corrected chi connectivity index (χ4v) is 3.21. The smallest absolute Gasteiger partial charge is 0.351 e. The van der Waals surface area contributed by atoms with Crippen LogP contribution in [0.5, 0.6) is 5.75 Å². The van der Waals surface area contributed by atoms with Gasteiger partial charge in [0.05, 0.1) is 12.8 Å². The Kier molecular flexibility index (Phi) is 6.81. The molecule has 180 valence electrons. The lowest BCUT2D eigenvalue weighted by molar-refractivity contribution is -0.121. The van der Waals surface area contributed by atoms with Crippen LogP contribution in [-0.2, 0) is 24.8 Å². The molecule has 4 rings (SSSR count). The molecule has 0 atom stereocenters. The molecule has 0 spiro atoms. The Morgan fingerprint density at radius 1 is 1.17 bits per heavy atom. The van der Waals surface area contributed by atoms with Crippen LogP contribution in [0.2, 0.25) is 0 Å². The highest BCUT2D eigenvalue weighted by molar-refractivity contribution is 5.76. The standard InChI is InChI=1S/C23H21FN6O5/c1-29-22(32)20(27-30(23(29)33)16-8-6-15(24)7-9-16)21-26-19(35-28-21)11-10-18(31)25-13-14-4-3-5-17(12-14)34-2/h3-9,12H,10-11,13H2,1-2H3,(H,25,31). The SMILES string of the molecule is COc1cccc(CNC(=O)CCc2nc(-c3nn(-c4ccc(F)cc4)c(=O)n(C)c3=O)no2)c1. The van der Waals surface area contributed by atoms with Gasteiger partial charge >= 0.3 is 5.69 Å². The van der Waals surface area contributed by atoms with E-state index in [4.69, 9.17) is 9.26 Å². The third-order valence-electron chi connectivity index (χ3n) is 5.12. The van der Waals surface area contributed by atoms with Gasteiger partial charge in [-0.25, -0.2) is 9.18 Å². The van der Waals surface area contributed by atoms with Crippen molar-refractivity contribution >= 4 is 5.91 Å². The first-order valence-electron chi connectivity index (χ1n) is 10.5. The van der Waals surface area contributed by atoms with Gasteiger partial charge in [-0.2, -0.15) is 14.8 Å². The minimum Gasteiger partial charge on any atom is -0.497 e. The molecule has 0 aliphatic heterocycles. The molecule has 2 aromatic carbocycles. The van der Waals surface area contributed by atoms with Crippen molar-refractivity contribution in [1.82, 2.24) is 29.8 Å². The number of carbonyl (C=O) groups excluding carboxylic acids is 1. The first-order chi connectivity index (χ1) is 16.9. The summed E-state index contributed by atoms with van der Waals surface area (Å²) in [4.78, 5) is 41.5. The summed E-state index contributed by atoms with van der Waals surface area (Å²) in [5.41, 5.74) is -0.534. The lowest BCUT2D eigenvalue weighted by Gasteiger charge is -2.07. The van der Waals surface area contributed by atoms with Crippen molar-refractivity contribution in [2.24, 2.45) is 7.05 Å². The highest BCUT2D eigenvalue weighted by atomic mass is 19.1. The number of amides is 1. The summed E-state index contributed by atoms with van der Waals surface area (Å²) in [7, 11) is 2.85. The van der Waals surface area contributed by atoms with Crippen molar-refractivity contribution in [2.45, 2.75) is 19.4 Å². The van der Waals surface area contributed by atoms with Crippen molar-refractivity contribution in [3.63, 3.8) is 0 Å². The van der Waals surface area contributed by atoms with Crippen molar-refractivity contribution in [1.29, 1.82) is 0 Å². The molecule has 0 aliphatic carbocycles. The van der Waals surface area contributed by atoms with E-state index in [2.05, 4.69) is 20.6 Å². The van der Waals surface area contributed by atoms with Gasteiger partial charge in [0, 0.05) is 26.4 Å². The van der Waals surface area contributed by atoms with E-state index in [9.17, 15) is 18.8 Å². The maximum Gasteiger partial charge on any atom is 0.351 e. The summed E-state index contributed by atoms with van der Waals surface area (Å²) in [5.74, 6) is -0.0255. The maximum absolute atomic E-state index is 13.3. The minimum absolute atomic E-state index is 0.0755. The summed E-state index contributed by atoms with van der Waals surface area (Å²) in [6, 6.07) is 12.4. The third-order valence-corrected chi connectivity index (χ3v) is 5.12. The Labute approximate surface area is 197 Å². The fourth-order valence-electron chi connectivity index (χ4n) is 3.21. The predicted molar refractivity (Wildman–Crippen MR) is 121 cm³/mol. The second kappa shape index (κ2) is 10.1. The lowest BCUT2D eigenvalue weighted by Crippen LogP contribution is -2.40. The average molecular weight is 480 g/mol. The number of ether oxygens (including phenoxy) is 1. The monoisotopic (exact) mass is 480 g/mol. The van der Waals surface area contributed by atoms with E-state index >= 15 is 0 Å². The van der Waals surface area contributed by atoms with Gasteiger partial charge in [0.1, 0.15) is 11.6 Å². The Morgan fingerprint density at radius 3 is 2.69 bits per heavy atom. The normalized spacial score (nSPS) is 10.8. The molecule has 0 aliphatic rings. The summed E-state index contributed by atoms with van der Waals surface area (Å²) >= 11 is 0. The molecule has 2 aromatic heterocycles. The molecular weight excluding hydrogens is 459 g/mol. The largest absolute Gasteiger partial charge is 0.497 e. The highest BCUT2D eigenvalue weighted by Gasteiger charge is 2.19. The van der Waals surface area contributed by atoms with Crippen molar-refractivity contribution < 1.29 is 18.4 Å². The van der Waals surface area contributed by atoms with Crippen LogP contribution in [-0.4, -0.2) is 37.5 Å². The van der Waals surface area contributed by atoms with Crippen LogP contribution in [0, 0.1) is 5.82 Å². The molecule has 0 saturated carbocycles. The van der Waals surface area contributed by atoms with E-state index in [1.807, 2.05) is 24.3 Å². The van der Waals surface area contributed by atoms with Crippen LogP contribution >= 0.6 is 0 Å². The van der Waals surface area contributed by atoms with Crippen LogP contribution in [0.4, 0.5) is 4.39 Å². The molecular formula is C23H21FN6O5. The number of hydrogen-bond donors (Lipinski definition) is 1. The van der Waals surface area contributed by atoms with E-state index in [1.54, 1.807) is 7.11 Å². The van der Waals surface area contributed by atoms with Crippen molar-refractivity contribution in [3.8, 4) is 23.0 Å². The van der Waals surface area contributed by atoms with Crippen molar-refractivity contribution in [3.05, 3.63) is 86.6 Å². The number of nitrogens with zero attached hydrogens (tertiary/aromatic N) is 5. The van der Waals surface area contributed by atoms with Crippen LogP contribution in [0.1, 0.15) is 17.9 Å². The molecule has 12 heteroatoms. The number of halogens is 1. The highest BCUT2D eigenvalue weighted by Crippen LogP contribution is 2.13. The molecule has 1 N–H and O–H groups in total. The zero-order valence-corrected chi connectivity index (χ0v) is 18.9. The van der Waals surface area contributed by atoms with E-state index in [0.29, 0.717) is 12.3 Å². The van der Waals surface area contributed by atoms with E-state index in [1.165, 1.54) is 31.3 Å². The van der Waals surface area contributed by atoms with E-state index in [0.717, 1.165) is 14.8 Å². The Bertz CT molecular complexity index is 1470. The lowest BCUT2D eigenvalue weighted by atomic mass is 10.2. The summed E-state index contributed by atoms with van der Waals surface area (Å²) in [6.07, 6.45) is 0.209. The van der Waals surface area contributed by atoms with Gasteiger partial charge in [-0.1, -0.05) is 17.3 Å². The van der Waals surface area contributed by atoms with Gasteiger partial charge in [0.15, 0.2) is 5.69 Å². The number of methoxy groups -OCH3 is 1. The van der Waals surface area contributed by atoms with Crippen LogP contribution in [0.25, 0.3) is 17.2 Å². The van der Waals surface area contributed by atoms with Gasteiger partial charge in [0.2, 0.25) is 17.6 Å². The van der Waals surface area contributed by atoms with Crippen LogP contribution in [0.3, 0.4) is 0 Å². The predicted octanol–water partition coefficient (Wildman–Crippen LogP) is 1.38. The Balaban J connectivity index is 1.46. The molecule has 1 amide bonds. The molecule has 0 saturated heterocycles. The molecule has 35 heavy (non-hydrogen) atoms. The Hall–Kier alpha value is -4.61. The molecule has 0 unspecified atom stereocenters. The Morgan fingerprint density at radius 2 is 1.94 bits per heavy atom. The second-order valence-corrected chi connectivity index (χ2v) is 7.52. The summed E-state index contributed by atoms with van der Waals surface area (Å²) in [6.45, 7) is 0.329. The fraction of sp³-hybridized carbons (Fsp3) is 0.217. The second-order valence-electron chi connectivity index (χ2n) is 7.52. The van der Waals surface area contributed by atoms with Crippen LogP contribution in [0.15, 0.2) is 62.6 Å². The first kappa shape index (κ1) is 23.5.